The number of hydrogen-bond acceptors (Lipinski definition) is 8. The summed E-state index contributed by atoms with van der Waals surface area (Å²) in [7, 11) is 0. The molecule has 0 bridgehead atoms. The second kappa shape index (κ2) is 22.6. The molecular weight excluding hydrogens is 437 g/mol. The monoisotopic (exact) mass is 481 g/mol. The standard InChI is InChI=1S/C23H44FNO8/c1-5-20(4)22(26)18-33-15-13-31-11-9-29-7-6-28-8-10-30-12-14-32-17-21(24)16-25-23(27)19(2)3/h19-21H,5-18H2,1-4H3,(H,25,27). The van der Waals surface area contributed by atoms with Crippen LogP contribution in [0.1, 0.15) is 34.1 Å². The molecule has 0 saturated carbocycles. The molecule has 0 heterocycles. The van der Waals surface area contributed by atoms with E-state index < -0.39 is 6.17 Å². The van der Waals surface area contributed by atoms with Crippen LogP contribution < -0.4 is 5.32 Å². The predicted molar refractivity (Wildman–Crippen MR) is 122 cm³/mol. The van der Waals surface area contributed by atoms with Gasteiger partial charge in [0.15, 0.2) is 5.78 Å². The fraction of sp³-hybridized carbons (Fsp3) is 0.913. The van der Waals surface area contributed by atoms with Crippen LogP contribution in [0.2, 0.25) is 0 Å². The molecule has 0 spiro atoms. The lowest BCUT2D eigenvalue weighted by Gasteiger charge is -2.12. The quantitative estimate of drug-likeness (QED) is 0.208. The van der Waals surface area contributed by atoms with Gasteiger partial charge in [0.2, 0.25) is 5.91 Å². The smallest absolute Gasteiger partial charge is 0.222 e. The fourth-order valence-electron chi connectivity index (χ4n) is 2.23. The molecule has 1 N–H and O–H groups in total. The van der Waals surface area contributed by atoms with E-state index in [0.717, 1.165) is 6.42 Å². The van der Waals surface area contributed by atoms with Crippen molar-refractivity contribution in [2.24, 2.45) is 11.8 Å². The number of carbonyl (C=O) groups is 2. The highest BCUT2D eigenvalue weighted by Gasteiger charge is 2.11. The van der Waals surface area contributed by atoms with Gasteiger partial charge >= 0.3 is 0 Å². The lowest BCUT2D eigenvalue weighted by atomic mass is 10.1. The van der Waals surface area contributed by atoms with E-state index >= 15 is 0 Å². The molecule has 0 aliphatic heterocycles. The van der Waals surface area contributed by atoms with Gasteiger partial charge in [-0.2, -0.15) is 0 Å². The molecule has 2 unspecified atom stereocenters. The zero-order chi connectivity index (χ0) is 24.7. The van der Waals surface area contributed by atoms with Gasteiger partial charge in [-0.15, -0.1) is 0 Å². The lowest BCUT2D eigenvalue weighted by Crippen LogP contribution is -2.35. The van der Waals surface area contributed by atoms with Crippen LogP contribution in [0, 0.1) is 11.8 Å². The molecule has 10 heteroatoms. The highest BCUT2D eigenvalue weighted by atomic mass is 19.1. The van der Waals surface area contributed by atoms with Crippen molar-refractivity contribution in [3.8, 4) is 0 Å². The van der Waals surface area contributed by atoms with Crippen LogP contribution in [0.5, 0.6) is 0 Å². The van der Waals surface area contributed by atoms with Gasteiger partial charge in [-0.3, -0.25) is 9.59 Å². The van der Waals surface area contributed by atoms with E-state index in [1.54, 1.807) is 13.8 Å². The average molecular weight is 482 g/mol. The summed E-state index contributed by atoms with van der Waals surface area (Å²) in [5, 5.41) is 2.52. The first kappa shape index (κ1) is 31.8. The number of alkyl halides is 1. The molecule has 0 aromatic heterocycles. The number of nitrogens with one attached hydrogen (secondary N) is 1. The number of amides is 1. The molecule has 196 valence electrons. The van der Waals surface area contributed by atoms with E-state index in [0.29, 0.717) is 59.5 Å². The van der Waals surface area contributed by atoms with Gasteiger partial charge in [0.25, 0.3) is 0 Å². The van der Waals surface area contributed by atoms with Crippen LogP contribution in [0.25, 0.3) is 0 Å². The Morgan fingerprint density at radius 2 is 1.15 bits per heavy atom. The van der Waals surface area contributed by atoms with Crippen LogP contribution in [0.15, 0.2) is 0 Å². The normalized spacial score (nSPS) is 13.3. The SMILES string of the molecule is CCC(C)C(=O)COCCOCCOCCOCCOCCOCC(F)CNC(=O)C(C)C. The molecule has 0 rings (SSSR count). The van der Waals surface area contributed by atoms with Gasteiger partial charge in [-0.1, -0.05) is 27.7 Å². The van der Waals surface area contributed by atoms with Crippen molar-refractivity contribution < 1.29 is 42.4 Å². The molecule has 0 aromatic carbocycles. The van der Waals surface area contributed by atoms with Crippen molar-refractivity contribution in [2.45, 2.75) is 40.3 Å². The number of Topliss-reactive ketones (excluding diaryl/α,β-unsaturated/α-hetero) is 1. The summed E-state index contributed by atoms with van der Waals surface area (Å²) < 4.78 is 45.5. The Bertz CT molecular complexity index is 481. The predicted octanol–water partition coefficient (Wildman–Crippen LogP) is 1.81. The fourth-order valence-corrected chi connectivity index (χ4v) is 2.23. The van der Waals surface area contributed by atoms with Gasteiger partial charge in [-0.25, -0.2) is 4.39 Å². The zero-order valence-electron chi connectivity index (χ0n) is 20.8. The van der Waals surface area contributed by atoms with E-state index in [9.17, 15) is 14.0 Å². The first-order valence-electron chi connectivity index (χ1n) is 11.8. The minimum Gasteiger partial charge on any atom is -0.377 e. The molecule has 0 saturated heterocycles. The Labute approximate surface area is 197 Å². The molecular formula is C23H44FNO8. The number of carbonyl (C=O) groups excluding carboxylic acids is 2. The van der Waals surface area contributed by atoms with Crippen molar-refractivity contribution >= 4 is 11.7 Å². The molecule has 0 aliphatic carbocycles. The number of ketones is 1. The minimum atomic E-state index is -1.24. The van der Waals surface area contributed by atoms with Crippen LogP contribution in [-0.4, -0.2) is 104 Å². The van der Waals surface area contributed by atoms with Gasteiger partial charge < -0.3 is 33.7 Å². The van der Waals surface area contributed by atoms with E-state index in [-0.39, 0.29) is 49.9 Å². The van der Waals surface area contributed by atoms with Gasteiger partial charge in [0, 0.05) is 11.8 Å². The van der Waals surface area contributed by atoms with Crippen molar-refractivity contribution in [2.75, 3.05) is 85.8 Å². The van der Waals surface area contributed by atoms with Crippen LogP contribution in [-0.2, 0) is 38.0 Å². The second-order valence-electron chi connectivity index (χ2n) is 7.85. The molecule has 1 amide bonds. The third-order valence-electron chi connectivity index (χ3n) is 4.59. The molecule has 0 aromatic rings. The second-order valence-corrected chi connectivity index (χ2v) is 7.85. The summed E-state index contributed by atoms with van der Waals surface area (Å²) >= 11 is 0. The van der Waals surface area contributed by atoms with E-state index in [1.807, 2.05) is 13.8 Å². The summed E-state index contributed by atoms with van der Waals surface area (Å²) in [5.74, 6) is -0.175. The molecule has 0 aliphatic rings. The number of rotatable bonds is 24. The minimum absolute atomic E-state index is 0.0413. The number of ether oxygens (including phenoxy) is 6. The van der Waals surface area contributed by atoms with E-state index in [1.165, 1.54) is 0 Å². The van der Waals surface area contributed by atoms with E-state index in [4.69, 9.17) is 28.4 Å². The van der Waals surface area contributed by atoms with Crippen LogP contribution in [0.3, 0.4) is 0 Å². The Balaban J connectivity index is 3.23. The van der Waals surface area contributed by atoms with Gasteiger partial charge in [0.1, 0.15) is 12.8 Å². The summed E-state index contributed by atoms with van der Waals surface area (Å²) in [6, 6.07) is 0. The summed E-state index contributed by atoms with van der Waals surface area (Å²) in [5.41, 5.74) is 0. The van der Waals surface area contributed by atoms with E-state index in [2.05, 4.69) is 5.32 Å². The highest BCUT2D eigenvalue weighted by Crippen LogP contribution is 2.02. The summed E-state index contributed by atoms with van der Waals surface area (Å²) in [4.78, 5) is 22.9. The highest BCUT2D eigenvalue weighted by molar-refractivity contribution is 5.81. The average Bonchev–Trinajstić information content (AvgIpc) is 2.80. The Hall–Kier alpha value is -1.17. The largest absolute Gasteiger partial charge is 0.377 e. The Morgan fingerprint density at radius 1 is 0.727 bits per heavy atom. The maximum atomic E-state index is 13.5. The van der Waals surface area contributed by atoms with Crippen molar-refractivity contribution in [1.29, 1.82) is 0 Å². The zero-order valence-corrected chi connectivity index (χ0v) is 20.8. The molecule has 0 fully saturated rings. The summed E-state index contributed by atoms with van der Waals surface area (Å²) in [6.07, 6.45) is -0.410. The van der Waals surface area contributed by atoms with Crippen LogP contribution in [0.4, 0.5) is 4.39 Å². The van der Waals surface area contributed by atoms with Crippen LogP contribution >= 0.6 is 0 Å². The third-order valence-corrected chi connectivity index (χ3v) is 4.59. The summed E-state index contributed by atoms with van der Waals surface area (Å²) in [6.45, 7) is 11.5. The first-order chi connectivity index (χ1) is 15.9. The van der Waals surface area contributed by atoms with Crippen molar-refractivity contribution in [1.82, 2.24) is 5.32 Å². The molecule has 33 heavy (non-hydrogen) atoms. The van der Waals surface area contributed by atoms with Crippen molar-refractivity contribution in [3.63, 3.8) is 0 Å². The Kier molecular flexibility index (Phi) is 21.8. The Morgan fingerprint density at radius 3 is 1.58 bits per heavy atom. The van der Waals surface area contributed by atoms with Gasteiger partial charge in [-0.05, 0) is 6.42 Å². The molecule has 2 atom stereocenters. The number of halogens is 1. The van der Waals surface area contributed by atoms with Crippen molar-refractivity contribution in [3.05, 3.63) is 0 Å². The third kappa shape index (κ3) is 21.1. The first-order valence-corrected chi connectivity index (χ1v) is 11.8. The maximum absolute atomic E-state index is 13.5. The molecule has 0 radical (unpaired) electrons. The number of hydrogen-bond donors (Lipinski definition) is 1. The maximum Gasteiger partial charge on any atom is 0.222 e. The van der Waals surface area contributed by atoms with Gasteiger partial charge in [0.05, 0.1) is 79.2 Å². The topological polar surface area (TPSA) is 102 Å². The lowest BCUT2D eigenvalue weighted by molar-refractivity contribution is -0.127. The molecule has 9 nitrogen and oxygen atoms in total.